The topological polar surface area (TPSA) is 125 Å². The zero-order valence-corrected chi connectivity index (χ0v) is 18.9. The fraction of sp³-hybridized carbons (Fsp3) is 0.471. The minimum Gasteiger partial charge on any atom is -0.490 e. The van der Waals surface area contributed by atoms with E-state index in [4.69, 9.17) is 14.0 Å². The first kappa shape index (κ1) is 22.8. The maximum atomic E-state index is 13.2. The molecule has 0 fully saturated rings. The quantitative estimate of drug-likeness (QED) is 0.180. The van der Waals surface area contributed by atoms with Gasteiger partial charge in [-0.25, -0.2) is 12.7 Å². The van der Waals surface area contributed by atoms with Crippen molar-refractivity contribution in [2.45, 2.75) is 37.5 Å². The van der Waals surface area contributed by atoms with Crippen molar-refractivity contribution in [2.75, 3.05) is 24.8 Å². The number of hydrogen-bond acceptors (Lipinski definition) is 8. The molecule has 1 aromatic carbocycles. The largest absolute Gasteiger partial charge is 0.490 e. The molecule has 1 aromatic heterocycles. The van der Waals surface area contributed by atoms with Gasteiger partial charge in [0.15, 0.2) is 11.6 Å². The van der Waals surface area contributed by atoms with Crippen LogP contribution in [0, 0.1) is 17.0 Å². The zero-order valence-electron chi connectivity index (χ0n) is 17.0. The molecule has 1 heterocycles. The summed E-state index contributed by atoms with van der Waals surface area (Å²) in [6.07, 6.45) is 0. The molecule has 160 valence electrons. The number of nitro groups is 1. The molecular formula is C17H25N3O7SSi. The predicted molar refractivity (Wildman–Crippen MR) is 110 cm³/mol. The van der Waals surface area contributed by atoms with Crippen molar-refractivity contribution < 1.29 is 27.3 Å². The molecule has 0 spiro atoms. The van der Waals surface area contributed by atoms with Gasteiger partial charge in [0.1, 0.15) is 12.5 Å². The molecule has 29 heavy (non-hydrogen) atoms. The third-order valence-corrected chi connectivity index (χ3v) is 7.44. The molecule has 0 bridgehead atoms. The number of methoxy groups -OCH3 is 1. The summed E-state index contributed by atoms with van der Waals surface area (Å²) in [6.45, 7) is 8.35. The van der Waals surface area contributed by atoms with Gasteiger partial charge < -0.3 is 14.0 Å². The number of sulfonamides is 1. The van der Waals surface area contributed by atoms with Crippen LogP contribution >= 0.6 is 0 Å². The zero-order chi connectivity index (χ0) is 21.8. The molecule has 12 heteroatoms. The van der Waals surface area contributed by atoms with E-state index >= 15 is 0 Å². The van der Waals surface area contributed by atoms with Crippen LogP contribution in [0.1, 0.15) is 5.76 Å². The van der Waals surface area contributed by atoms with Crippen molar-refractivity contribution >= 4 is 29.6 Å². The molecule has 0 aliphatic carbocycles. The van der Waals surface area contributed by atoms with E-state index < -0.39 is 23.0 Å². The average Bonchev–Trinajstić information content (AvgIpc) is 3.05. The van der Waals surface area contributed by atoms with Crippen LogP contribution in [0.3, 0.4) is 0 Å². The fourth-order valence-corrected chi connectivity index (χ4v) is 4.40. The molecule has 2 rings (SSSR count). The van der Waals surface area contributed by atoms with E-state index in [9.17, 15) is 18.5 Å². The van der Waals surface area contributed by atoms with Crippen molar-refractivity contribution in [3.63, 3.8) is 0 Å². The van der Waals surface area contributed by atoms with Crippen LogP contribution in [0.5, 0.6) is 5.75 Å². The van der Waals surface area contributed by atoms with Crippen LogP contribution in [0.4, 0.5) is 11.5 Å². The summed E-state index contributed by atoms with van der Waals surface area (Å²) in [5.41, 5.74) is -0.332. The Bertz CT molecular complexity index is 970. The van der Waals surface area contributed by atoms with Crippen molar-refractivity contribution in [1.82, 2.24) is 5.16 Å². The molecule has 0 aliphatic heterocycles. The summed E-state index contributed by atoms with van der Waals surface area (Å²) in [5, 5.41) is 14.9. The highest BCUT2D eigenvalue weighted by molar-refractivity contribution is 7.92. The Morgan fingerprint density at radius 1 is 1.28 bits per heavy atom. The molecule has 0 aliphatic rings. The Labute approximate surface area is 170 Å². The number of aryl methyl sites for hydroxylation is 1. The second-order valence-corrected chi connectivity index (χ2v) is 15.1. The van der Waals surface area contributed by atoms with Gasteiger partial charge in [0.2, 0.25) is 0 Å². The second-order valence-electron chi connectivity index (χ2n) is 7.59. The monoisotopic (exact) mass is 443 g/mol. The lowest BCUT2D eigenvalue weighted by Gasteiger charge is -2.23. The number of ether oxygens (including phenoxy) is 2. The first-order chi connectivity index (χ1) is 13.5. The number of anilines is 1. The lowest BCUT2D eigenvalue weighted by atomic mass is 10.3. The van der Waals surface area contributed by atoms with Crippen molar-refractivity contribution in [3.05, 3.63) is 40.1 Å². The van der Waals surface area contributed by atoms with Crippen LogP contribution in [-0.4, -0.2) is 47.0 Å². The number of nitro benzene ring substituents is 1. The van der Waals surface area contributed by atoms with Gasteiger partial charge in [-0.2, -0.15) is 0 Å². The van der Waals surface area contributed by atoms with Crippen molar-refractivity contribution in [1.29, 1.82) is 0 Å². The molecule has 0 saturated heterocycles. The van der Waals surface area contributed by atoms with Crippen LogP contribution in [-0.2, 0) is 14.8 Å². The SMILES string of the molecule is COc1cc(S(=O)(=O)N(COCC[Si](C)(C)C)c2cc(C)on2)ccc1[N+](=O)[O-]. The minimum absolute atomic E-state index is 0.0628. The maximum Gasteiger partial charge on any atom is 0.310 e. The van der Waals surface area contributed by atoms with Gasteiger partial charge in [-0.3, -0.25) is 10.1 Å². The van der Waals surface area contributed by atoms with E-state index in [2.05, 4.69) is 24.8 Å². The standard InChI is InChI=1S/C17H25N3O7SSi/c1-13-10-17(18-27-13)19(12-26-8-9-29(3,4)5)28(23,24)14-6-7-15(20(21)22)16(11-14)25-2/h6-7,10-11H,8-9,12H2,1-5H3. The van der Waals surface area contributed by atoms with Crippen molar-refractivity contribution in [3.8, 4) is 5.75 Å². The lowest BCUT2D eigenvalue weighted by Crippen LogP contribution is -2.34. The van der Waals surface area contributed by atoms with Crippen LogP contribution in [0.15, 0.2) is 33.7 Å². The Hall–Kier alpha value is -2.44. The Morgan fingerprint density at radius 3 is 2.48 bits per heavy atom. The molecule has 0 saturated carbocycles. The summed E-state index contributed by atoms with van der Waals surface area (Å²) in [5.74, 6) is 0.336. The predicted octanol–water partition coefficient (Wildman–Crippen LogP) is 3.41. The van der Waals surface area contributed by atoms with Crippen LogP contribution < -0.4 is 9.04 Å². The number of rotatable bonds is 10. The second kappa shape index (κ2) is 8.92. The van der Waals surface area contributed by atoms with Gasteiger partial charge in [0, 0.05) is 32.9 Å². The molecule has 0 N–H and O–H groups in total. The highest BCUT2D eigenvalue weighted by Crippen LogP contribution is 2.32. The van der Waals surface area contributed by atoms with Gasteiger partial charge in [-0.1, -0.05) is 24.8 Å². The summed E-state index contributed by atoms with van der Waals surface area (Å²) in [6, 6.07) is 5.68. The van der Waals surface area contributed by atoms with E-state index in [1.54, 1.807) is 6.92 Å². The summed E-state index contributed by atoms with van der Waals surface area (Å²) < 4.78 is 43.0. The highest BCUT2D eigenvalue weighted by Gasteiger charge is 2.30. The summed E-state index contributed by atoms with van der Waals surface area (Å²) >= 11 is 0. The summed E-state index contributed by atoms with van der Waals surface area (Å²) in [4.78, 5) is 10.3. The van der Waals surface area contributed by atoms with E-state index in [0.29, 0.717) is 12.4 Å². The molecule has 0 amide bonds. The number of aromatic nitrogens is 1. The van der Waals surface area contributed by atoms with Gasteiger partial charge in [-0.15, -0.1) is 0 Å². The average molecular weight is 444 g/mol. The van der Waals surface area contributed by atoms with E-state index in [1.807, 2.05) is 0 Å². The van der Waals surface area contributed by atoms with Gasteiger partial charge >= 0.3 is 5.69 Å². The molecular weight excluding hydrogens is 418 g/mol. The molecule has 0 atom stereocenters. The van der Waals surface area contributed by atoms with Crippen LogP contribution in [0.2, 0.25) is 25.7 Å². The summed E-state index contributed by atoms with van der Waals surface area (Å²) in [7, 11) is -4.26. The number of hydrogen-bond donors (Lipinski definition) is 0. The van der Waals surface area contributed by atoms with Gasteiger partial charge in [0.25, 0.3) is 10.0 Å². The van der Waals surface area contributed by atoms with Crippen LogP contribution in [0.25, 0.3) is 0 Å². The van der Waals surface area contributed by atoms with Gasteiger partial charge in [0.05, 0.1) is 16.9 Å². The van der Waals surface area contributed by atoms with E-state index in [0.717, 1.165) is 28.5 Å². The Kier molecular flexibility index (Phi) is 7.03. The number of nitrogens with zero attached hydrogens (tertiary/aromatic N) is 3. The van der Waals surface area contributed by atoms with E-state index in [1.165, 1.54) is 13.2 Å². The molecule has 10 nitrogen and oxygen atoms in total. The molecule has 2 aromatic rings. The lowest BCUT2D eigenvalue weighted by molar-refractivity contribution is -0.385. The third kappa shape index (κ3) is 5.77. The highest BCUT2D eigenvalue weighted by atomic mass is 32.2. The first-order valence-corrected chi connectivity index (χ1v) is 14.0. The molecule has 0 unspecified atom stereocenters. The minimum atomic E-state index is -4.14. The Balaban J connectivity index is 2.37. The molecule has 0 radical (unpaired) electrons. The third-order valence-electron chi connectivity index (χ3n) is 4.01. The van der Waals surface area contributed by atoms with Crippen molar-refractivity contribution in [2.24, 2.45) is 0 Å². The smallest absolute Gasteiger partial charge is 0.310 e. The number of benzene rings is 1. The van der Waals surface area contributed by atoms with Gasteiger partial charge in [-0.05, 0) is 19.0 Å². The normalized spacial score (nSPS) is 12.0. The Morgan fingerprint density at radius 2 is 1.97 bits per heavy atom. The fourth-order valence-electron chi connectivity index (χ4n) is 2.35. The maximum absolute atomic E-state index is 13.2. The van der Waals surface area contributed by atoms with E-state index in [-0.39, 0.29) is 28.9 Å². The first-order valence-electron chi connectivity index (χ1n) is 8.82.